The lowest BCUT2D eigenvalue weighted by atomic mass is 9.79. The van der Waals surface area contributed by atoms with E-state index in [0.717, 1.165) is 0 Å². The molecule has 36 heavy (non-hydrogen) atoms. The molecule has 2 aliphatic heterocycles. The predicted octanol–water partition coefficient (Wildman–Crippen LogP) is 8.40. The van der Waals surface area contributed by atoms with E-state index < -0.39 is 0 Å². The Balaban J connectivity index is 1.28. The van der Waals surface area contributed by atoms with Gasteiger partial charge < -0.3 is 5.32 Å². The van der Waals surface area contributed by atoms with Gasteiger partial charge in [-0.15, -0.1) is 0 Å². The summed E-state index contributed by atoms with van der Waals surface area (Å²) in [7, 11) is 2.18. The highest BCUT2D eigenvalue weighted by atomic mass is 15.0. The molecule has 6 rings (SSSR count). The van der Waals surface area contributed by atoms with Crippen molar-refractivity contribution in [3.63, 3.8) is 0 Å². The number of hydrogen-bond acceptors (Lipinski definition) is 1. The highest BCUT2D eigenvalue weighted by molar-refractivity contribution is 6.07. The number of anilines is 1. The number of allylic oxidation sites excluding steroid dienone is 6. The van der Waals surface area contributed by atoms with Crippen LogP contribution in [-0.4, -0.2) is 17.3 Å². The minimum Gasteiger partial charge on any atom is -0.357 e. The normalized spacial score (nSPS) is 19.1. The summed E-state index contributed by atoms with van der Waals surface area (Å²) in [6.45, 7) is 9.26. The first-order valence-electron chi connectivity index (χ1n) is 12.8. The standard InChI is InChI=1S/C34H32N2/c1-33(2)27-21-19-24-14-10-12-16-26(24)32(27)35-29(33)17-7-6-8-18-30-34(3,4)31-25-15-11-9-13-23(25)20-22-28(31)36(30)5/h6-22H,1-5H3/p+1. The molecule has 0 saturated heterocycles. The number of benzene rings is 4. The van der Waals surface area contributed by atoms with Crippen LogP contribution in [0.25, 0.3) is 21.5 Å². The van der Waals surface area contributed by atoms with Gasteiger partial charge in [0.05, 0.1) is 11.1 Å². The Hall–Kier alpha value is -3.91. The van der Waals surface area contributed by atoms with E-state index in [1.54, 1.807) is 0 Å². The summed E-state index contributed by atoms with van der Waals surface area (Å²) < 4.78 is 2.34. The summed E-state index contributed by atoms with van der Waals surface area (Å²) in [4.78, 5) is 0. The fourth-order valence-corrected chi connectivity index (χ4v) is 6.17. The van der Waals surface area contributed by atoms with Crippen molar-refractivity contribution >= 4 is 38.6 Å². The van der Waals surface area contributed by atoms with Crippen LogP contribution in [0.15, 0.2) is 109 Å². The van der Waals surface area contributed by atoms with Crippen molar-refractivity contribution in [3.05, 3.63) is 120 Å². The van der Waals surface area contributed by atoms with Gasteiger partial charge in [0, 0.05) is 34.2 Å². The van der Waals surface area contributed by atoms with E-state index in [2.05, 4.69) is 148 Å². The second kappa shape index (κ2) is 8.06. The summed E-state index contributed by atoms with van der Waals surface area (Å²) in [6.07, 6.45) is 10.9. The Morgan fingerprint density at radius 2 is 1.36 bits per heavy atom. The van der Waals surface area contributed by atoms with Gasteiger partial charge in [-0.05, 0) is 47.7 Å². The molecule has 0 aliphatic carbocycles. The number of nitrogens with one attached hydrogen (secondary N) is 1. The lowest BCUT2D eigenvalue weighted by Crippen LogP contribution is -2.26. The molecule has 4 aromatic rings. The van der Waals surface area contributed by atoms with Gasteiger partial charge in [-0.2, -0.15) is 4.58 Å². The molecule has 2 aliphatic rings. The SMILES string of the molecule is C[N+]1=C(C=CC=CC=C2Nc3c(ccc4ccccc34)C2(C)C)C(C)(C)c2c1ccc1ccccc21. The first kappa shape index (κ1) is 22.5. The molecule has 2 heterocycles. The summed E-state index contributed by atoms with van der Waals surface area (Å²) in [6, 6.07) is 26.3. The van der Waals surface area contributed by atoms with Crippen LogP contribution in [-0.2, 0) is 10.8 Å². The maximum absolute atomic E-state index is 3.72. The van der Waals surface area contributed by atoms with Crippen molar-refractivity contribution < 1.29 is 4.58 Å². The maximum atomic E-state index is 3.72. The van der Waals surface area contributed by atoms with Gasteiger partial charge in [0.25, 0.3) is 0 Å². The molecule has 0 radical (unpaired) electrons. The Bertz CT molecular complexity index is 1660. The third-order valence-electron chi connectivity index (χ3n) is 8.17. The van der Waals surface area contributed by atoms with E-state index in [1.807, 2.05) is 0 Å². The summed E-state index contributed by atoms with van der Waals surface area (Å²) in [5, 5.41) is 8.92. The van der Waals surface area contributed by atoms with Crippen molar-refractivity contribution in [2.75, 3.05) is 12.4 Å². The zero-order valence-corrected chi connectivity index (χ0v) is 21.8. The molecule has 0 amide bonds. The average Bonchev–Trinajstić information content (AvgIpc) is 3.25. The van der Waals surface area contributed by atoms with Gasteiger partial charge in [0.1, 0.15) is 7.05 Å². The van der Waals surface area contributed by atoms with Gasteiger partial charge in [-0.25, -0.2) is 0 Å². The predicted molar refractivity (Wildman–Crippen MR) is 155 cm³/mol. The lowest BCUT2D eigenvalue weighted by Gasteiger charge is -2.20. The van der Waals surface area contributed by atoms with Crippen LogP contribution in [0.2, 0.25) is 0 Å². The van der Waals surface area contributed by atoms with Gasteiger partial charge in [0.2, 0.25) is 5.69 Å². The Morgan fingerprint density at radius 1 is 0.694 bits per heavy atom. The molecule has 2 nitrogen and oxygen atoms in total. The van der Waals surface area contributed by atoms with Gasteiger partial charge >= 0.3 is 0 Å². The lowest BCUT2D eigenvalue weighted by molar-refractivity contribution is -0.401. The summed E-state index contributed by atoms with van der Waals surface area (Å²) in [5.74, 6) is 0. The minimum absolute atomic E-state index is 0.0570. The number of hydrogen-bond donors (Lipinski definition) is 1. The van der Waals surface area contributed by atoms with Gasteiger partial charge in [-0.1, -0.05) is 92.7 Å². The van der Waals surface area contributed by atoms with Crippen LogP contribution < -0.4 is 5.32 Å². The van der Waals surface area contributed by atoms with Crippen molar-refractivity contribution in [1.82, 2.24) is 0 Å². The van der Waals surface area contributed by atoms with E-state index in [1.165, 1.54) is 55.5 Å². The smallest absolute Gasteiger partial charge is 0.210 e. The molecule has 0 aromatic heterocycles. The molecule has 4 aromatic carbocycles. The summed E-state index contributed by atoms with van der Waals surface area (Å²) in [5.41, 5.74) is 7.72. The van der Waals surface area contributed by atoms with Crippen LogP contribution in [0.4, 0.5) is 11.4 Å². The van der Waals surface area contributed by atoms with Crippen LogP contribution >= 0.6 is 0 Å². The van der Waals surface area contributed by atoms with Crippen molar-refractivity contribution in [2.24, 2.45) is 0 Å². The molecule has 0 saturated carbocycles. The Kier molecular flexibility index (Phi) is 5.05. The third-order valence-corrected chi connectivity index (χ3v) is 8.17. The summed E-state index contributed by atoms with van der Waals surface area (Å²) >= 11 is 0. The van der Waals surface area contributed by atoms with E-state index >= 15 is 0 Å². The zero-order chi connectivity index (χ0) is 25.1. The van der Waals surface area contributed by atoms with Gasteiger partial charge in [0.15, 0.2) is 5.71 Å². The number of rotatable bonds is 3. The van der Waals surface area contributed by atoms with Crippen molar-refractivity contribution in [1.29, 1.82) is 0 Å². The molecule has 2 heteroatoms. The maximum Gasteiger partial charge on any atom is 0.210 e. The largest absolute Gasteiger partial charge is 0.357 e. The third kappa shape index (κ3) is 3.28. The molecule has 0 bridgehead atoms. The highest BCUT2D eigenvalue weighted by Gasteiger charge is 2.44. The number of nitrogens with zero attached hydrogens (tertiary/aromatic N) is 1. The van der Waals surface area contributed by atoms with Crippen molar-refractivity contribution in [3.8, 4) is 0 Å². The monoisotopic (exact) mass is 469 g/mol. The van der Waals surface area contributed by atoms with E-state index in [9.17, 15) is 0 Å². The molecule has 0 atom stereocenters. The molecule has 0 fully saturated rings. The minimum atomic E-state index is -0.0640. The average molecular weight is 470 g/mol. The molecule has 0 spiro atoms. The van der Waals surface area contributed by atoms with E-state index in [-0.39, 0.29) is 10.8 Å². The second-order valence-corrected chi connectivity index (χ2v) is 11.0. The Labute approximate surface area is 214 Å². The molecular formula is C34H33N2+. The van der Waals surface area contributed by atoms with Crippen molar-refractivity contribution in [2.45, 2.75) is 38.5 Å². The second-order valence-electron chi connectivity index (χ2n) is 11.0. The van der Waals surface area contributed by atoms with Crippen LogP contribution in [0, 0.1) is 0 Å². The molecule has 1 N–H and O–H groups in total. The van der Waals surface area contributed by atoms with Gasteiger partial charge in [-0.3, -0.25) is 0 Å². The quantitative estimate of drug-likeness (QED) is 0.235. The fraction of sp³-hybridized carbons (Fsp3) is 0.206. The number of fused-ring (bicyclic) bond motifs is 6. The zero-order valence-electron chi connectivity index (χ0n) is 21.8. The first-order valence-corrected chi connectivity index (χ1v) is 12.8. The van der Waals surface area contributed by atoms with Crippen LogP contribution in [0.5, 0.6) is 0 Å². The van der Waals surface area contributed by atoms with Crippen LogP contribution in [0.1, 0.15) is 38.8 Å². The fourth-order valence-electron chi connectivity index (χ4n) is 6.17. The Morgan fingerprint density at radius 3 is 2.14 bits per heavy atom. The molecular weight excluding hydrogens is 436 g/mol. The highest BCUT2D eigenvalue weighted by Crippen LogP contribution is 2.46. The van der Waals surface area contributed by atoms with E-state index in [0.29, 0.717) is 0 Å². The first-order chi connectivity index (χ1) is 17.3. The molecule has 178 valence electrons. The van der Waals surface area contributed by atoms with E-state index in [4.69, 9.17) is 0 Å². The molecule has 0 unspecified atom stereocenters. The topological polar surface area (TPSA) is 15.0 Å². The van der Waals surface area contributed by atoms with Crippen LogP contribution in [0.3, 0.4) is 0 Å².